The van der Waals surface area contributed by atoms with Gasteiger partial charge in [0.25, 0.3) is 5.91 Å². The van der Waals surface area contributed by atoms with Crippen molar-refractivity contribution in [2.24, 2.45) is 0 Å². The highest BCUT2D eigenvalue weighted by Crippen LogP contribution is 2.27. The highest BCUT2D eigenvalue weighted by molar-refractivity contribution is 5.98. The molecule has 0 saturated heterocycles. The predicted molar refractivity (Wildman–Crippen MR) is 75.3 cm³/mol. The number of para-hydroxylation sites is 1. The van der Waals surface area contributed by atoms with E-state index >= 15 is 0 Å². The van der Waals surface area contributed by atoms with Gasteiger partial charge in [-0.2, -0.15) is 0 Å². The summed E-state index contributed by atoms with van der Waals surface area (Å²) in [7, 11) is 1.64. The number of likely N-dealkylation sites (N-methyl/N-ethyl adjacent to an activating group) is 1. The van der Waals surface area contributed by atoms with Crippen LogP contribution in [0.3, 0.4) is 0 Å². The zero-order valence-electron chi connectivity index (χ0n) is 11.9. The van der Waals surface area contributed by atoms with E-state index in [4.69, 9.17) is 10.5 Å². The molecule has 0 spiro atoms. The number of amides is 1. The Bertz CT molecular complexity index is 452. The van der Waals surface area contributed by atoms with E-state index in [2.05, 4.69) is 0 Å². The van der Waals surface area contributed by atoms with E-state index in [0.29, 0.717) is 23.6 Å². The maximum absolute atomic E-state index is 12.3. The SMILES string of the molecule is CCOc1c(N)cccc1C(=O)N(C)CC(C)(C)O. The number of benzene rings is 1. The fourth-order valence-corrected chi connectivity index (χ4v) is 1.89. The second kappa shape index (κ2) is 5.93. The Labute approximate surface area is 114 Å². The van der Waals surface area contributed by atoms with Crippen molar-refractivity contribution in [3.63, 3.8) is 0 Å². The Kier molecular flexibility index (Phi) is 4.78. The standard InChI is InChI=1S/C14H22N2O3/c1-5-19-12-10(7-6-8-11(12)15)13(17)16(4)9-14(2,3)18/h6-8,18H,5,9,15H2,1-4H3. The number of hydrogen-bond acceptors (Lipinski definition) is 4. The Hall–Kier alpha value is -1.75. The van der Waals surface area contributed by atoms with E-state index in [1.54, 1.807) is 39.1 Å². The van der Waals surface area contributed by atoms with E-state index in [1.165, 1.54) is 4.90 Å². The minimum atomic E-state index is -0.948. The van der Waals surface area contributed by atoms with Crippen LogP contribution < -0.4 is 10.5 Å². The first-order valence-electron chi connectivity index (χ1n) is 6.25. The zero-order valence-corrected chi connectivity index (χ0v) is 11.9. The van der Waals surface area contributed by atoms with Crippen LogP contribution in [0.15, 0.2) is 18.2 Å². The van der Waals surface area contributed by atoms with Gasteiger partial charge in [-0.15, -0.1) is 0 Å². The summed E-state index contributed by atoms with van der Waals surface area (Å²) in [5, 5.41) is 9.76. The first-order chi connectivity index (χ1) is 8.76. The summed E-state index contributed by atoms with van der Waals surface area (Å²) in [5.41, 5.74) is 5.72. The normalized spacial score (nSPS) is 11.2. The van der Waals surface area contributed by atoms with Gasteiger partial charge in [0, 0.05) is 13.6 Å². The first-order valence-corrected chi connectivity index (χ1v) is 6.25. The Morgan fingerprint density at radius 2 is 2.11 bits per heavy atom. The number of carbonyl (C=O) groups excluding carboxylic acids is 1. The van der Waals surface area contributed by atoms with Crippen molar-refractivity contribution >= 4 is 11.6 Å². The number of carbonyl (C=O) groups is 1. The number of hydrogen-bond donors (Lipinski definition) is 2. The van der Waals surface area contributed by atoms with Crippen LogP contribution in [0.2, 0.25) is 0 Å². The molecule has 1 aromatic carbocycles. The van der Waals surface area contributed by atoms with Crippen LogP contribution in [0.25, 0.3) is 0 Å². The van der Waals surface area contributed by atoms with Crippen LogP contribution >= 0.6 is 0 Å². The Balaban J connectivity index is 3.02. The highest BCUT2D eigenvalue weighted by atomic mass is 16.5. The average Bonchev–Trinajstić information content (AvgIpc) is 2.29. The molecule has 0 aromatic heterocycles. The summed E-state index contributed by atoms with van der Waals surface area (Å²) in [5.74, 6) is 0.176. The molecule has 1 aromatic rings. The molecule has 0 radical (unpaired) electrons. The van der Waals surface area contributed by atoms with E-state index in [0.717, 1.165) is 0 Å². The van der Waals surface area contributed by atoms with Gasteiger partial charge < -0.3 is 20.5 Å². The van der Waals surface area contributed by atoms with Crippen LogP contribution in [0, 0.1) is 0 Å². The summed E-state index contributed by atoms with van der Waals surface area (Å²) < 4.78 is 5.43. The molecule has 0 bridgehead atoms. The van der Waals surface area contributed by atoms with Gasteiger partial charge in [0.2, 0.25) is 0 Å². The molecule has 0 unspecified atom stereocenters. The van der Waals surface area contributed by atoms with Gasteiger partial charge in [-0.3, -0.25) is 4.79 Å². The minimum Gasteiger partial charge on any atom is -0.491 e. The number of rotatable bonds is 5. The molecule has 19 heavy (non-hydrogen) atoms. The molecule has 106 valence electrons. The summed E-state index contributed by atoms with van der Waals surface area (Å²) in [6.07, 6.45) is 0. The first kappa shape index (κ1) is 15.3. The van der Waals surface area contributed by atoms with Crippen molar-refractivity contribution in [3.05, 3.63) is 23.8 Å². The maximum Gasteiger partial charge on any atom is 0.257 e. The number of nitrogen functional groups attached to an aromatic ring is 1. The summed E-state index contributed by atoms with van der Waals surface area (Å²) in [4.78, 5) is 13.8. The van der Waals surface area contributed by atoms with Gasteiger partial charge in [-0.25, -0.2) is 0 Å². The number of nitrogens with zero attached hydrogens (tertiary/aromatic N) is 1. The monoisotopic (exact) mass is 266 g/mol. The van der Waals surface area contributed by atoms with Crippen molar-refractivity contribution < 1.29 is 14.6 Å². The fourth-order valence-electron chi connectivity index (χ4n) is 1.89. The van der Waals surface area contributed by atoms with E-state index in [-0.39, 0.29) is 12.5 Å². The molecule has 0 saturated carbocycles. The number of nitrogens with two attached hydrogens (primary N) is 1. The van der Waals surface area contributed by atoms with Gasteiger partial charge in [-0.1, -0.05) is 6.07 Å². The molecule has 0 fully saturated rings. The van der Waals surface area contributed by atoms with Crippen molar-refractivity contribution in [1.29, 1.82) is 0 Å². The van der Waals surface area contributed by atoms with Gasteiger partial charge in [0.15, 0.2) is 5.75 Å². The van der Waals surface area contributed by atoms with Crippen molar-refractivity contribution in [2.45, 2.75) is 26.4 Å². The molecular weight excluding hydrogens is 244 g/mol. The molecule has 5 heteroatoms. The lowest BCUT2D eigenvalue weighted by Gasteiger charge is -2.26. The lowest BCUT2D eigenvalue weighted by atomic mass is 10.1. The third-order valence-corrected chi connectivity index (χ3v) is 2.54. The third kappa shape index (κ3) is 4.13. The van der Waals surface area contributed by atoms with E-state index < -0.39 is 5.60 Å². The predicted octanol–water partition coefficient (Wildman–Crippen LogP) is 1.51. The third-order valence-electron chi connectivity index (χ3n) is 2.54. The molecule has 0 aliphatic carbocycles. The molecule has 1 rings (SSSR count). The Morgan fingerprint density at radius 1 is 1.47 bits per heavy atom. The lowest BCUT2D eigenvalue weighted by Crippen LogP contribution is -2.39. The van der Waals surface area contributed by atoms with Crippen LogP contribution in [0.5, 0.6) is 5.75 Å². The zero-order chi connectivity index (χ0) is 14.6. The lowest BCUT2D eigenvalue weighted by molar-refractivity contribution is 0.0366. The molecule has 3 N–H and O–H groups in total. The molecule has 0 atom stereocenters. The van der Waals surface area contributed by atoms with Crippen molar-refractivity contribution in [2.75, 3.05) is 25.9 Å². The van der Waals surface area contributed by atoms with E-state index in [9.17, 15) is 9.90 Å². The minimum absolute atomic E-state index is 0.224. The second-order valence-electron chi connectivity index (χ2n) is 5.13. The van der Waals surface area contributed by atoms with Crippen LogP contribution in [-0.2, 0) is 0 Å². The highest BCUT2D eigenvalue weighted by Gasteiger charge is 2.23. The average molecular weight is 266 g/mol. The van der Waals surface area contributed by atoms with Crippen molar-refractivity contribution in [3.8, 4) is 5.75 Å². The molecule has 5 nitrogen and oxygen atoms in total. The molecule has 0 aliphatic heterocycles. The molecule has 1 amide bonds. The number of ether oxygens (including phenoxy) is 1. The van der Waals surface area contributed by atoms with Gasteiger partial charge in [0.1, 0.15) is 0 Å². The van der Waals surface area contributed by atoms with E-state index in [1.807, 2.05) is 6.92 Å². The summed E-state index contributed by atoms with van der Waals surface area (Å²) in [6.45, 7) is 5.80. The summed E-state index contributed by atoms with van der Waals surface area (Å²) >= 11 is 0. The van der Waals surface area contributed by atoms with Gasteiger partial charge in [0.05, 0.1) is 23.5 Å². The van der Waals surface area contributed by atoms with Crippen LogP contribution in [0.4, 0.5) is 5.69 Å². The number of aliphatic hydroxyl groups is 1. The topological polar surface area (TPSA) is 75.8 Å². The quantitative estimate of drug-likeness (QED) is 0.792. The Morgan fingerprint density at radius 3 is 2.63 bits per heavy atom. The fraction of sp³-hybridized carbons (Fsp3) is 0.500. The van der Waals surface area contributed by atoms with Crippen molar-refractivity contribution in [1.82, 2.24) is 4.90 Å². The largest absolute Gasteiger partial charge is 0.491 e. The van der Waals surface area contributed by atoms with Crippen LogP contribution in [0.1, 0.15) is 31.1 Å². The van der Waals surface area contributed by atoms with Gasteiger partial charge in [-0.05, 0) is 32.9 Å². The van der Waals surface area contributed by atoms with Crippen LogP contribution in [-0.4, -0.2) is 41.7 Å². The number of anilines is 1. The molecular formula is C14H22N2O3. The summed E-state index contributed by atoms with van der Waals surface area (Å²) in [6, 6.07) is 5.07. The maximum atomic E-state index is 12.3. The van der Waals surface area contributed by atoms with Gasteiger partial charge >= 0.3 is 0 Å². The molecule has 0 aliphatic rings. The second-order valence-corrected chi connectivity index (χ2v) is 5.13. The molecule has 0 heterocycles. The smallest absolute Gasteiger partial charge is 0.257 e.